The van der Waals surface area contributed by atoms with Crippen molar-refractivity contribution in [2.75, 3.05) is 10.6 Å². The first kappa shape index (κ1) is 22.9. The summed E-state index contributed by atoms with van der Waals surface area (Å²) in [5.41, 5.74) is 5.32. The van der Waals surface area contributed by atoms with Crippen LogP contribution in [0.1, 0.15) is 29.7 Å². The fourth-order valence-corrected chi connectivity index (χ4v) is 4.17. The Kier molecular flexibility index (Phi) is 5.77. The molecule has 0 bridgehead atoms. The second-order valence-corrected chi connectivity index (χ2v) is 8.61. The summed E-state index contributed by atoms with van der Waals surface area (Å²) in [7, 11) is 0. The highest BCUT2D eigenvalue weighted by Gasteiger charge is 2.34. The van der Waals surface area contributed by atoms with Crippen molar-refractivity contribution in [1.29, 1.82) is 0 Å². The van der Waals surface area contributed by atoms with Gasteiger partial charge in [0.05, 0.1) is 22.4 Å². The summed E-state index contributed by atoms with van der Waals surface area (Å²) in [6, 6.07) is 14.9. The van der Waals surface area contributed by atoms with Gasteiger partial charge in [0.1, 0.15) is 6.04 Å². The van der Waals surface area contributed by atoms with Gasteiger partial charge in [-0.3, -0.25) is 19.9 Å². The number of nitrogens with zero attached hydrogens (tertiary/aromatic N) is 5. The van der Waals surface area contributed by atoms with Crippen molar-refractivity contribution in [2.45, 2.75) is 26.8 Å². The Morgan fingerprint density at radius 2 is 1.86 bits per heavy atom. The van der Waals surface area contributed by atoms with E-state index >= 15 is 0 Å². The minimum absolute atomic E-state index is 0.0376. The van der Waals surface area contributed by atoms with E-state index in [2.05, 4.69) is 15.6 Å². The molecule has 5 rings (SSSR count). The summed E-state index contributed by atoms with van der Waals surface area (Å²) >= 11 is 0. The maximum Gasteiger partial charge on any atom is 0.269 e. The molecule has 10 nitrogen and oxygen atoms in total. The normalized spacial score (nSPS) is 14.7. The van der Waals surface area contributed by atoms with Gasteiger partial charge in [-0.2, -0.15) is 4.98 Å². The van der Waals surface area contributed by atoms with Gasteiger partial charge in [-0.05, 0) is 67.8 Å². The number of anilines is 2. The van der Waals surface area contributed by atoms with Gasteiger partial charge in [-0.1, -0.05) is 12.1 Å². The van der Waals surface area contributed by atoms with Crippen LogP contribution in [0.15, 0.2) is 78.3 Å². The number of pyridine rings is 1. The molecule has 1 aliphatic rings. The minimum Gasteiger partial charge on any atom is -0.328 e. The third-order valence-corrected chi connectivity index (χ3v) is 6.20. The molecule has 2 aromatic carbocycles. The van der Waals surface area contributed by atoms with Crippen LogP contribution in [-0.4, -0.2) is 30.6 Å². The number of nitrogens with one attached hydrogen (secondary N) is 2. The Balaban J connectivity index is 1.61. The number of aromatic nitrogens is 4. The van der Waals surface area contributed by atoms with E-state index in [4.69, 9.17) is 10.1 Å². The number of benzene rings is 2. The van der Waals surface area contributed by atoms with Crippen LogP contribution in [0.2, 0.25) is 0 Å². The molecule has 4 aromatic rings. The highest BCUT2D eigenvalue weighted by atomic mass is 16.6. The molecule has 0 fully saturated rings. The average Bonchev–Trinajstić information content (AvgIpc) is 3.29. The van der Waals surface area contributed by atoms with Crippen LogP contribution >= 0.6 is 0 Å². The van der Waals surface area contributed by atoms with Crippen molar-refractivity contribution in [3.8, 4) is 11.4 Å². The quantitative estimate of drug-likeness (QED) is 0.310. The molecule has 0 radical (unpaired) electrons. The molecule has 0 aliphatic carbocycles. The number of carbonyl (C=O) groups excluding carboxylic acids is 1. The van der Waals surface area contributed by atoms with Gasteiger partial charge in [0.25, 0.3) is 11.6 Å². The molecule has 1 amide bonds. The highest BCUT2D eigenvalue weighted by molar-refractivity contribution is 6.06. The Labute approximate surface area is 206 Å². The number of carbonyl (C=O) groups is 1. The molecule has 0 saturated carbocycles. The lowest BCUT2D eigenvalue weighted by Crippen LogP contribution is -2.31. The van der Waals surface area contributed by atoms with Gasteiger partial charge >= 0.3 is 0 Å². The Bertz CT molecular complexity index is 1510. The fraction of sp³-hybridized carbons (Fsp3) is 0.154. The van der Waals surface area contributed by atoms with E-state index in [1.165, 1.54) is 12.1 Å². The first-order chi connectivity index (χ1) is 17.3. The first-order valence-electron chi connectivity index (χ1n) is 11.3. The van der Waals surface area contributed by atoms with Crippen LogP contribution in [-0.2, 0) is 4.79 Å². The molecule has 1 unspecified atom stereocenters. The Morgan fingerprint density at radius 1 is 1.08 bits per heavy atom. The molecular weight excluding hydrogens is 458 g/mol. The van der Waals surface area contributed by atoms with Crippen molar-refractivity contribution in [1.82, 2.24) is 19.7 Å². The van der Waals surface area contributed by atoms with E-state index < -0.39 is 11.0 Å². The summed E-state index contributed by atoms with van der Waals surface area (Å²) in [6.07, 6.45) is 3.18. The number of nitro benzene ring substituents is 1. The van der Waals surface area contributed by atoms with E-state index in [1.54, 1.807) is 48.3 Å². The van der Waals surface area contributed by atoms with Crippen LogP contribution in [0.5, 0.6) is 0 Å². The number of hydrogen-bond donors (Lipinski definition) is 2. The first-order valence-corrected chi connectivity index (χ1v) is 11.3. The minimum atomic E-state index is -0.661. The van der Waals surface area contributed by atoms with Crippen molar-refractivity contribution in [3.63, 3.8) is 0 Å². The van der Waals surface area contributed by atoms with Crippen LogP contribution < -0.4 is 10.6 Å². The lowest BCUT2D eigenvalue weighted by Gasteiger charge is -2.28. The number of hydrogen-bond acceptors (Lipinski definition) is 7. The molecule has 1 atom stereocenters. The summed E-state index contributed by atoms with van der Waals surface area (Å²) < 4.78 is 1.65. The van der Waals surface area contributed by atoms with E-state index in [-0.39, 0.29) is 11.6 Å². The number of amides is 1. The molecule has 3 heterocycles. The Hall–Kier alpha value is -4.86. The van der Waals surface area contributed by atoms with Gasteiger partial charge in [0.2, 0.25) is 5.95 Å². The van der Waals surface area contributed by atoms with Crippen LogP contribution in [0, 0.1) is 24.0 Å². The number of nitro groups is 1. The highest BCUT2D eigenvalue weighted by Crippen LogP contribution is 2.37. The third kappa shape index (κ3) is 4.20. The third-order valence-electron chi connectivity index (χ3n) is 6.20. The van der Waals surface area contributed by atoms with Gasteiger partial charge in [-0.15, -0.1) is 5.10 Å². The van der Waals surface area contributed by atoms with Crippen molar-refractivity contribution < 1.29 is 9.72 Å². The van der Waals surface area contributed by atoms with E-state index in [0.29, 0.717) is 34.3 Å². The predicted octanol–water partition coefficient (Wildman–Crippen LogP) is 4.79. The van der Waals surface area contributed by atoms with Gasteiger partial charge in [0, 0.05) is 29.6 Å². The summed E-state index contributed by atoms with van der Waals surface area (Å²) in [5, 5.41) is 22.1. The van der Waals surface area contributed by atoms with Gasteiger partial charge in [-0.25, -0.2) is 4.68 Å². The van der Waals surface area contributed by atoms with Crippen molar-refractivity contribution in [3.05, 3.63) is 105 Å². The average molecular weight is 482 g/mol. The topological polar surface area (TPSA) is 128 Å². The van der Waals surface area contributed by atoms with E-state index in [9.17, 15) is 14.9 Å². The molecule has 2 aromatic heterocycles. The molecule has 0 saturated heterocycles. The van der Waals surface area contributed by atoms with Crippen LogP contribution in [0.4, 0.5) is 17.3 Å². The number of aryl methyl sites for hydroxylation is 2. The maximum absolute atomic E-state index is 13.5. The maximum atomic E-state index is 13.5. The van der Waals surface area contributed by atoms with Crippen molar-refractivity contribution >= 4 is 23.2 Å². The molecule has 0 spiro atoms. The molecule has 10 heteroatoms. The van der Waals surface area contributed by atoms with Crippen molar-refractivity contribution in [2.24, 2.45) is 0 Å². The molecule has 2 N–H and O–H groups in total. The molecule has 1 aliphatic heterocycles. The number of allylic oxidation sites excluding steroid dienone is 1. The predicted molar refractivity (Wildman–Crippen MR) is 135 cm³/mol. The zero-order valence-electron chi connectivity index (χ0n) is 19.9. The van der Waals surface area contributed by atoms with E-state index in [1.807, 2.05) is 32.0 Å². The zero-order chi connectivity index (χ0) is 25.4. The lowest BCUT2D eigenvalue weighted by atomic mass is 9.95. The second kappa shape index (κ2) is 9.06. The largest absolute Gasteiger partial charge is 0.328 e. The second-order valence-electron chi connectivity index (χ2n) is 8.61. The smallest absolute Gasteiger partial charge is 0.269 e. The molecule has 36 heavy (non-hydrogen) atoms. The monoisotopic (exact) mass is 481 g/mol. The van der Waals surface area contributed by atoms with Gasteiger partial charge in [0.15, 0.2) is 5.82 Å². The summed E-state index contributed by atoms with van der Waals surface area (Å²) in [4.78, 5) is 33.0. The number of fused-ring (bicyclic) bond motifs is 1. The standard InChI is InChI=1S/C26H23N7O3/c1-15-6-7-19(13-16(15)2)24-30-26-28-17(3)22(25(34)29-20-5-4-12-27-14-20)23(32(26)31-24)18-8-10-21(11-9-18)33(35)36/h4-14,23H,1-3H3,(H,29,34)(H,28,30,31). The molecular formula is C26H23N7O3. The SMILES string of the molecule is CC1=C(C(=O)Nc2cccnc2)C(c2ccc([N+](=O)[O-])cc2)n2nc(-c3ccc(C)c(C)c3)nc2N1. The fourth-order valence-electron chi connectivity index (χ4n) is 4.17. The summed E-state index contributed by atoms with van der Waals surface area (Å²) in [6.45, 7) is 5.86. The zero-order valence-corrected chi connectivity index (χ0v) is 19.9. The van der Waals surface area contributed by atoms with Crippen LogP contribution in [0.25, 0.3) is 11.4 Å². The molecule has 180 valence electrons. The lowest BCUT2D eigenvalue weighted by molar-refractivity contribution is -0.384. The number of non-ortho nitro benzene ring substituents is 1. The van der Waals surface area contributed by atoms with E-state index in [0.717, 1.165) is 16.7 Å². The number of rotatable bonds is 5. The van der Waals surface area contributed by atoms with Crippen LogP contribution in [0.3, 0.4) is 0 Å². The van der Waals surface area contributed by atoms with Gasteiger partial charge < -0.3 is 10.6 Å². The summed E-state index contributed by atoms with van der Waals surface area (Å²) in [5.74, 6) is 0.640. The Morgan fingerprint density at radius 3 is 2.53 bits per heavy atom.